The van der Waals surface area contributed by atoms with Crippen molar-refractivity contribution in [2.45, 2.75) is 32.4 Å². The minimum atomic E-state index is 0.566. The first-order valence-corrected chi connectivity index (χ1v) is 8.00. The van der Waals surface area contributed by atoms with Crippen LogP contribution in [0.1, 0.15) is 24.1 Å². The Hall–Kier alpha value is -1.94. The van der Waals surface area contributed by atoms with Crippen molar-refractivity contribution in [1.82, 2.24) is 14.9 Å². The number of hydrogen-bond acceptors (Lipinski definition) is 4. The molecule has 0 N–H and O–H groups in total. The van der Waals surface area contributed by atoms with Crippen LogP contribution < -0.4 is 4.90 Å². The first-order chi connectivity index (χ1) is 10.7. The van der Waals surface area contributed by atoms with Gasteiger partial charge in [0.15, 0.2) is 0 Å². The zero-order valence-corrected chi connectivity index (χ0v) is 13.4. The topological polar surface area (TPSA) is 32.3 Å². The van der Waals surface area contributed by atoms with Gasteiger partial charge in [0.05, 0.1) is 0 Å². The predicted molar refractivity (Wildman–Crippen MR) is 89.9 cm³/mol. The summed E-state index contributed by atoms with van der Waals surface area (Å²) >= 11 is 0. The third kappa shape index (κ3) is 3.63. The molecule has 1 saturated heterocycles. The second-order valence-corrected chi connectivity index (χ2v) is 6.16. The molecule has 0 unspecified atom stereocenters. The number of pyridine rings is 2. The van der Waals surface area contributed by atoms with Crippen LogP contribution in [0.4, 0.5) is 5.82 Å². The van der Waals surface area contributed by atoms with Crippen molar-refractivity contribution in [2.75, 3.05) is 25.0 Å². The van der Waals surface area contributed by atoms with Crippen LogP contribution in [0, 0.1) is 6.92 Å². The molecule has 1 fully saturated rings. The van der Waals surface area contributed by atoms with Gasteiger partial charge in [0, 0.05) is 43.8 Å². The maximum atomic E-state index is 4.67. The molecular formula is C18H24N4. The van der Waals surface area contributed by atoms with Crippen molar-refractivity contribution in [3.8, 4) is 0 Å². The van der Waals surface area contributed by atoms with Gasteiger partial charge in [-0.3, -0.25) is 9.88 Å². The van der Waals surface area contributed by atoms with Crippen LogP contribution in [0.5, 0.6) is 0 Å². The number of nitrogens with zero attached hydrogens (tertiary/aromatic N) is 4. The highest BCUT2D eigenvalue weighted by molar-refractivity contribution is 5.40. The summed E-state index contributed by atoms with van der Waals surface area (Å²) in [6.07, 6.45) is 6.26. The van der Waals surface area contributed by atoms with Gasteiger partial charge < -0.3 is 4.90 Å². The highest BCUT2D eigenvalue weighted by Gasteiger charge is 2.24. The van der Waals surface area contributed by atoms with Crippen molar-refractivity contribution in [3.05, 3.63) is 54.0 Å². The monoisotopic (exact) mass is 296 g/mol. The van der Waals surface area contributed by atoms with Gasteiger partial charge in [0.2, 0.25) is 0 Å². The number of aryl methyl sites for hydroxylation is 1. The van der Waals surface area contributed by atoms with Crippen molar-refractivity contribution in [2.24, 2.45) is 0 Å². The SMILES string of the molecule is Cc1cccc(N2CCC[C@H](N(C)Cc3cccnc3)C2)n1. The van der Waals surface area contributed by atoms with E-state index >= 15 is 0 Å². The fraction of sp³-hybridized carbons (Fsp3) is 0.444. The Morgan fingerprint density at radius 1 is 1.27 bits per heavy atom. The summed E-state index contributed by atoms with van der Waals surface area (Å²) in [5.74, 6) is 1.11. The van der Waals surface area contributed by atoms with Gasteiger partial charge in [-0.2, -0.15) is 0 Å². The summed E-state index contributed by atoms with van der Waals surface area (Å²) in [4.78, 5) is 13.7. The minimum absolute atomic E-state index is 0.566. The molecule has 0 aromatic carbocycles. The summed E-state index contributed by atoms with van der Waals surface area (Å²) in [6.45, 7) is 5.16. The summed E-state index contributed by atoms with van der Waals surface area (Å²) in [5.41, 5.74) is 2.36. The maximum Gasteiger partial charge on any atom is 0.128 e. The second-order valence-electron chi connectivity index (χ2n) is 6.16. The van der Waals surface area contributed by atoms with E-state index in [9.17, 15) is 0 Å². The molecule has 3 rings (SSSR count). The molecular weight excluding hydrogens is 272 g/mol. The molecule has 4 nitrogen and oxygen atoms in total. The van der Waals surface area contributed by atoms with Gasteiger partial charge >= 0.3 is 0 Å². The molecule has 22 heavy (non-hydrogen) atoms. The zero-order chi connectivity index (χ0) is 15.4. The predicted octanol–water partition coefficient (Wildman–Crippen LogP) is 2.89. The number of piperidine rings is 1. The van der Waals surface area contributed by atoms with E-state index < -0.39 is 0 Å². The number of rotatable bonds is 4. The van der Waals surface area contributed by atoms with Gasteiger partial charge in [0.1, 0.15) is 5.82 Å². The second kappa shape index (κ2) is 6.88. The third-order valence-electron chi connectivity index (χ3n) is 4.37. The fourth-order valence-electron chi connectivity index (χ4n) is 3.14. The quantitative estimate of drug-likeness (QED) is 0.868. The Labute approximate surface area is 132 Å². The Kier molecular flexibility index (Phi) is 4.68. The van der Waals surface area contributed by atoms with Gasteiger partial charge in [0.25, 0.3) is 0 Å². The van der Waals surface area contributed by atoms with Gasteiger partial charge in [-0.15, -0.1) is 0 Å². The Morgan fingerprint density at radius 2 is 2.18 bits per heavy atom. The maximum absolute atomic E-state index is 4.67. The molecule has 0 saturated carbocycles. The summed E-state index contributed by atoms with van der Waals surface area (Å²) in [7, 11) is 2.21. The molecule has 0 bridgehead atoms. The summed E-state index contributed by atoms with van der Waals surface area (Å²) < 4.78 is 0. The molecule has 3 heterocycles. The fourth-order valence-corrected chi connectivity index (χ4v) is 3.14. The largest absolute Gasteiger partial charge is 0.355 e. The van der Waals surface area contributed by atoms with Crippen LogP contribution in [0.15, 0.2) is 42.7 Å². The van der Waals surface area contributed by atoms with Crippen molar-refractivity contribution in [1.29, 1.82) is 0 Å². The number of hydrogen-bond donors (Lipinski definition) is 0. The molecule has 1 aliphatic heterocycles. The van der Waals surface area contributed by atoms with Crippen LogP contribution in [0.2, 0.25) is 0 Å². The van der Waals surface area contributed by atoms with Crippen LogP contribution in [0.3, 0.4) is 0 Å². The smallest absolute Gasteiger partial charge is 0.128 e. The number of likely N-dealkylation sites (N-methyl/N-ethyl adjacent to an activating group) is 1. The van der Waals surface area contributed by atoms with Gasteiger partial charge in [-0.1, -0.05) is 12.1 Å². The Bertz CT molecular complexity index is 599. The van der Waals surface area contributed by atoms with E-state index in [0.717, 1.165) is 31.1 Å². The van der Waals surface area contributed by atoms with Crippen molar-refractivity contribution in [3.63, 3.8) is 0 Å². The van der Waals surface area contributed by atoms with Gasteiger partial charge in [-0.05, 0) is 50.6 Å². The van der Waals surface area contributed by atoms with E-state index in [-0.39, 0.29) is 0 Å². The van der Waals surface area contributed by atoms with E-state index in [4.69, 9.17) is 0 Å². The molecule has 4 heteroatoms. The first kappa shape index (κ1) is 15.0. The number of aromatic nitrogens is 2. The lowest BCUT2D eigenvalue weighted by Crippen LogP contribution is -2.46. The molecule has 116 valence electrons. The molecule has 0 radical (unpaired) electrons. The van der Waals surface area contributed by atoms with Crippen LogP contribution in [-0.2, 0) is 6.54 Å². The standard InChI is InChI=1S/C18H24N4/c1-15-6-3-9-18(20-15)22-11-5-8-17(14-22)21(2)13-16-7-4-10-19-12-16/h3-4,6-7,9-10,12,17H,5,8,11,13-14H2,1-2H3/t17-/m0/s1. The minimum Gasteiger partial charge on any atom is -0.355 e. The molecule has 2 aromatic heterocycles. The summed E-state index contributed by atoms with van der Waals surface area (Å²) in [5, 5.41) is 0. The van der Waals surface area contributed by atoms with Crippen LogP contribution in [0.25, 0.3) is 0 Å². The van der Waals surface area contributed by atoms with E-state index in [0.29, 0.717) is 6.04 Å². The Balaban J connectivity index is 1.65. The van der Waals surface area contributed by atoms with Crippen LogP contribution in [-0.4, -0.2) is 41.0 Å². The van der Waals surface area contributed by atoms with Crippen molar-refractivity contribution < 1.29 is 0 Å². The van der Waals surface area contributed by atoms with Crippen LogP contribution >= 0.6 is 0 Å². The average Bonchev–Trinajstić information content (AvgIpc) is 2.56. The normalized spacial score (nSPS) is 18.7. The first-order valence-electron chi connectivity index (χ1n) is 8.00. The van der Waals surface area contributed by atoms with E-state index in [2.05, 4.69) is 58.0 Å². The third-order valence-corrected chi connectivity index (χ3v) is 4.37. The molecule has 0 aliphatic carbocycles. The lowest BCUT2D eigenvalue weighted by molar-refractivity contribution is 0.207. The average molecular weight is 296 g/mol. The highest BCUT2D eigenvalue weighted by atomic mass is 15.2. The summed E-state index contributed by atoms with van der Waals surface area (Å²) in [6, 6.07) is 11.0. The molecule has 0 spiro atoms. The van der Waals surface area contributed by atoms with E-state index in [1.807, 2.05) is 18.5 Å². The highest BCUT2D eigenvalue weighted by Crippen LogP contribution is 2.21. The lowest BCUT2D eigenvalue weighted by atomic mass is 10.0. The molecule has 1 atom stereocenters. The van der Waals surface area contributed by atoms with E-state index in [1.165, 1.54) is 18.4 Å². The van der Waals surface area contributed by atoms with Crippen molar-refractivity contribution >= 4 is 5.82 Å². The van der Waals surface area contributed by atoms with Gasteiger partial charge in [-0.25, -0.2) is 4.98 Å². The Morgan fingerprint density at radius 3 is 2.95 bits per heavy atom. The molecule has 2 aromatic rings. The molecule has 0 amide bonds. The number of anilines is 1. The molecule has 1 aliphatic rings. The zero-order valence-electron chi connectivity index (χ0n) is 13.4. The lowest BCUT2D eigenvalue weighted by Gasteiger charge is -2.38. The van der Waals surface area contributed by atoms with E-state index in [1.54, 1.807) is 0 Å².